The fourth-order valence-corrected chi connectivity index (χ4v) is 4.87. The average molecular weight is 583 g/mol. The van der Waals surface area contributed by atoms with Crippen LogP contribution < -0.4 is 15.5 Å². The molecule has 0 fully saturated rings. The Bertz CT molecular complexity index is 1980. The van der Waals surface area contributed by atoms with Crippen LogP contribution in [0.15, 0.2) is 133 Å². The van der Waals surface area contributed by atoms with Crippen LogP contribution in [0.2, 0.25) is 0 Å². The molecule has 0 aliphatic rings. The van der Waals surface area contributed by atoms with Gasteiger partial charge in [-0.1, -0.05) is 110 Å². The SMILES string of the molecule is Cc1cc(C)c(-c2ccccc2-c2ccccn2)[n-]1.[Zn+2].c1ccc2c(N=c3[n-]ccc4ccccc34)nccc2c1. The third-order valence-electron chi connectivity index (χ3n) is 6.73. The van der Waals surface area contributed by atoms with Gasteiger partial charge in [-0.3, -0.25) is 9.97 Å². The molecule has 0 aliphatic carbocycles. The fourth-order valence-electron chi connectivity index (χ4n) is 4.87. The summed E-state index contributed by atoms with van der Waals surface area (Å²) in [5.74, 6) is 0.706. The quantitative estimate of drug-likeness (QED) is 0.202. The van der Waals surface area contributed by atoms with Crippen LogP contribution in [0.5, 0.6) is 0 Å². The molecule has 5 nitrogen and oxygen atoms in total. The number of pyridine rings is 3. The second-order valence-corrected chi connectivity index (χ2v) is 9.51. The summed E-state index contributed by atoms with van der Waals surface area (Å²) >= 11 is 0. The van der Waals surface area contributed by atoms with Gasteiger partial charge in [0.05, 0.1) is 11.5 Å². The molecule has 4 heterocycles. The van der Waals surface area contributed by atoms with E-state index in [1.807, 2.05) is 92.0 Å². The first kappa shape index (κ1) is 27.9. The van der Waals surface area contributed by atoms with E-state index in [4.69, 9.17) is 0 Å². The van der Waals surface area contributed by atoms with Crippen LogP contribution in [0.3, 0.4) is 0 Å². The van der Waals surface area contributed by atoms with E-state index < -0.39 is 0 Å². The Morgan fingerprint density at radius 1 is 0.634 bits per heavy atom. The number of rotatable bonds is 3. The summed E-state index contributed by atoms with van der Waals surface area (Å²) < 4.78 is 0. The van der Waals surface area contributed by atoms with Gasteiger partial charge in [-0.2, -0.15) is 5.69 Å². The first-order valence-electron chi connectivity index (χ1n) is 13.2. The van der Waals surface area contributed by atoms with E-state index >= 15 is 0 Å². The van der Waals surface area contributed by atoms with Gasteiger partial charge >= 0.3 is 19.5 Å². The van der Waals surface area contributed by atoms with Gasteiger partial charge in [0.15, 0.2) is 0 Å². The molecule has 0 unspecified atom stereocenters. The molecule has 7 rings (SSSR count). The monoisotopic (exact) mass is 581 g/mol. The van der Waals surface area contributed by atoms with Crippen LogP contribution in [-0.2, 0) is 19.5 Å². The Morgan fingerprint density at radius 3 is 2.05 bits per heavy atom. The minimum absolute atomic E-state index is 0. The number of benzene rings is 3. The molecular formula is C35H27N5Zn. The molecule has 3 aromatic carbocycles. The molecule has 41 heavy (non-hydrogen) atoms. The Hall–Kier alpha value is -4.67. The molecule has 4 aromatic heterocycles. The minimum atomic E-state index is 0. The second-order valence-electron chi connectivity index (χ2n) is 9.51. The third-order valence-corrected chi connectivity index (χ3v) is 6.73. The number of aryl methyl sites for hydroxylation is 2. The van der Waals surface area contributed by atoms with Crippen molar-refractivity contribution in [1.29, 1.82) is 0 Å². The Labute approximate surface area is 251 Å². The van der Waals surface area contributed by atoms with E-state index in [9.17, 15) is 0 Å². The smallest absolute Gasteiger partial charge is 0.661 e. The minimum Gasteiger partial charge on any atom is -0.661 e. The van der Waals surface area contributed by atoms with Gasteiger partial charge in [0.1, 0.15) is 0 Å². The van der Waals surface area contributed by atoms with Crippen LogP contribution >= 0.6 is 0 Å². The van der Waals surface area contributed by atoms with Crippen LogP contribution in [0.25, 0.3) is 44.1 Å². The molecule has 0 radical (unpaired) electrons. The predicted molar refractivity (Wildman–Crippen MR) is 162 cm³/mol. The van der Waals surface area contributed by atoms with Crippen LogP contribution in [0.4, 0.5) is 5.82 Å². The Morgan fingerprint density at radius 2 is 1.32 bits per heavy atom. The zero-order chi connectivity index (χ0) is 27.3. The molecule has 0 aliphatic heterocycles. The zero-order valence-corrected chi connectivity index (χ0v) is 26.0. The summed E-state index contributed by atoms with van der Waals surface area (Å²) in [6, 6.07) is 36.6. The van der Waals surface area contributed by atoms with Crippen molar-refractivity contribution >= 4 is 27.4 Å². The van der Waals surface area contributed by atoms with Crippen molar-refractivity contribution in [3.8, 4) is 22.5 Å². The van der Waals surface area contributed by atoms with E-state index in [1.165, 1.54) is 5.56 Å². The van der Waals surface area contributed by atoms with E-state index in [2.05, 4.69) is 62.2 Å². The van der Waals surface area contributed by atoms with E-state index in [1.54, 1.807) is 12.4 Å². The van der Waals surface area contributed by atoms with Crippen molar-refractivity contribution in [3.63, 3.8) is 0 Å². The van der Waals surface area contributed by atoms with Gasteiger partial charge < -0.3 is 15.0 Å². The molecule has 0 amide bonds. The number of hydrogen-bond donors (Lipinski definition) is 0. The molecule has 194 valence electrons. The topological polar surface area (TPSA) is 66.3 Å². The molecule has 0 atom stereocenters. The molecule has 0 saturated heterocycles. The van der Waals surface area contributed by atoms with Crippen molar-refractivity contribution in [3.05, 3.63) is 145 Å². The summed E-state index contributed by atoms with van der Waals surface area (Å²) in [6.45, 7) is 4.13. The zero-order valence-electron chi connectivity index (χ0n) is 23.1. The summed E-state index contributed by atoms with van der Waals surface area (Å²) in [4.78, 5) is 22.6. The van der Waals surface area contributed by atoms with Crippen LogP contribution in [-0.4, -0.2) is 9.97 Å². The van der Waals surface area contributed by atoms with Crippen LogP contribution in [0, 0.1) is 13.8 Å². The van der Waals surface area contributed by atoms with E-state index in [0.717, 1.165) is 49.8 Å². The maximum absolute atomic E-state index is 4.68. The standard InChI is InChI=1S/C18H12N3.C17H15N2.Zn/c1-3-7-15-13(5-1)9-11-19-17(15)21-18-16-8-4-2-6-14(16)10-12-20-18;1-12-11-13(2)19-17(12)15-8-4-3-7-14(15)16-9-5-6-10-18-16;/h1-12H;3-11H,1-2H3;/q2*-1;+2. The Balaban J connectivity index is 0.000000162. The van der Waals surface area contributed by atoms with Gasteiger partial charge in [0.25, 0.3) is 0 Å². The number of nitrogens with zero attached hydrogens (tertiary/aromatic N) is 5. The van der Waals surface area contributed by atoms with Gasteiger partial charge in [0.2, 0.25) is 0 Å². The molecule has 0 saturated carbocycles. The first-order chi connectivity index (χ1) is 19.7. The van der Waals surface area contributed by atoms with Gasteiger partial charge in [-0.25, -0.2) is 0 Å². The Kier molecular flexibility index (Phi) is 8.62. The van der Waals surface area contributed by atoms with Crippen molar-refractivity contribution in [2.45, 2.75) is 13.8 Å². The molecule has 0 bridgehead atoms. The number of fused-ring (bicyclic) bond motifs is 2. The summed E-state index contributed by atoms with van der Waals surface area (Å²) in [7, 11) is 0. The third kappa shape index (κ3) is 6.08. The predicted octanol–water partition coefficient (Wildman–Crippen LogP) is 7.56. The number of aromatic nitrogens is 4. The molecular weight excluding hydrogens is 556 g/mol. The summed E-state index contributed by atoms with van der Waals surface area (Å²) in [5, 5.41) is 4.34. The molecule has 0 spiro atoms. The summed E-state index contributed by atoms with van der Waals surface area (Å²) in [6.07, 6.45) is 5.39. The van der Waals surface area contributed by atoms with Crippen LogP contribution in [0.1, 0.15) is 11.3 Å². The molecule has 6 heteroatoms. The van der Waals surface area contributed by atoms with Gasteiger partial charge in [-0.05, 0) is 52.3 Å². The van der Waals surface area contributed by atoms with E-state index in [-0.39, 0.29) is 19.5 Å². The van der Waals surface area contributed by atoms with Gasteiger partial charge in [-0.15, -0.1) is 5.69 Å². The normalized spacial score (nSPS) is 11.1. The first-order valence-corrected chi connectivity index (χ1v) is 13.2. The average Bonchev–Trinajstić information content (AvgIpc) is 3.35. The number of hydrogen-bond acceptors (Lipinski definition) is 3. The molecule has 0 N–H and O–H groups in total. The summed E-state index contributed by atoms with van der Waals surface area (Å²) in [5.41, 5.74) is 7.29. The molecule has 7 aromatic rings. The van der Waals surface area contributed by atoms with Gasteiger partial charge in [0, 0.05) is 23.3 Å². The second kappa shape index (κ2) is 12.7. The fraction of sp³-hybridized carbons (Fsp3) is 0.0571. The maximum atomic E-state index is 4.68. The van der Waals surface area contributed by atoms with Crippen molar-refractivity contribution < 1.29 is 19.5 Å². The van der Waals surface area contributed by atoms with Crippen molar-refractivity contribution in [2.24, 2.45) is 4.99 Å². The maximum Gasteiger partial charge on any atom is 2.00 e. The van der Waals surface area contributed by atoms with Crippen molar-refractivity contribution in [1.82, 2.24) is 19.9 Å². The van der Waals surface area contributed by atoms with Crippen molar-refractivity contribution in [2.75, 3.05) is 0 Å². The largest absolute Gasteiger partial charge is 2.00 e. The van der Waals surface area contributed by atoms with E-state index in [0.29, 0.717) is 11.3 Å².